The quantitative estimate of drug-likeness (QED) is 0.306. The van der Waals surface area contributed by atoms with E-state index in [9.17, 15) is 19.1 Å². The maximum absolute atomic E-state index is 14.3. The summed E-state index contributed by atoms with van der Waals surface area (Å²) in [6.45, 7) is 0.0527. The Morgan fingerprint density at radius 3 is 2.58 bits per heavy atom. The predicted octanol–water partition coefficient (Wildman–Crippen LogP) is 5.16. The van der Waals surface area contributed by atoms with Gasteiger partial charge in [0, 0.05) is 24.5 Å². The summed E-state index contributed by atoms with van der Waals surface area (Å²) in [5.74, 6) is -2.98. The van der Waals surface area contributed by atoms with E-state index >= 15 is 0 Å². The van der Waals surface area contributed by atoms with Crippen molar-refractivity contribution < 1.29 is 23.8 Å². The molecule has 0 bridgehead atoms. The SMILES string of the molecule is COc1ccc(/C(O)=C2/C(=O)C(=O)N(Cc3cccnc3)C2c2ccc(Cl)c(Cl)c2)cc1F. The number of carbonyl (C=O) groups excluding carboxylic acids is 2. The highest BCUT2D eigenvalue weighted by Crippen LogP contribution is 2.42. The molecule has 1 amide bonds. The summed E-state index contributed by atoms with van der Waals surface area (Å²) in [5.41, 5.74) is 0.979. The summed E-state index contributed by atoms with van der Waals surface area (Å²) in [6.07, 6.45) is 3.16. The molecule has 0 radical (unpaired) electrons. The minimum atomic E-state index is -0.981. The van der Waals surface area contributed by atoms with Gasteiger partial charge in [-0.2, -0.15) is 0 Å². The summed E-state index contributed by atoms with van der Waals surface area (Å²) in [7, 11) is 1.31. The van der Waals surface area contributed by atoms with Crippen LogP contribution in [0.2, 0.25) is 10.0 Å². The number of hydrogen-bond acceptors (Lipinski definition) is 5. The van der Waals surface area contributed by atoms with E-state index in [4.69, 9.17) is 27.9 Å². The van der Waals surface area contributed by atoms with Gasteiger partial charge in [-0.3, -0.25) is 14.6 Å². The van der Waals surface area contributed by atoms with Crippen LogP contribution in [0.15, 0.2) is 66.5 Å². The second-order valence-corrected chi connectivity index (χ2v) is 8.13. The van der Waals surface area contributed by atoms with Gasteiger partial charge in [0.2, 0.25) is 0 Å². The van der Waals surface area contributed by atoms with Gasteiger partial charge in [-0.15, -0.1) is 0 Å². The van der Waals surface area contributed by atoms with Gasteiger partial charge in [-0.05, 0) is 47.5 Å². The van der Waals surface area contributed by atoms with Gasteiger partial charge in [0.25, 0.3) is 11.7 Å². The lowest BCUT2D eigenvalue weighted by atomic mass is 9.95. The first-order chi connectivity index (χ1) is 15.8. The topological polar surface area (TPSA) is 79.7 Å². The van der Waals surface area contributed by atoms with Gasteiger partial charge < -0.3 is 14.7 Å². The van der Waals surface area contributed by atoms with Crippen LogP contribution in [0.25, 0.3) is 5.76 Å². The Labute approximate surface area is 198 Å². The molecular formula is C24H17Cl2FN2O4. The van der Waals surface area contributed by atoms with Crippen molar-refractivity contribution in [1.82, 2.24) is 9.88 Å². The van der Waals surface area contributed by atoms with Crippen molar-refractivity contribution in [2.24, 2.45) is 0 Å². The van der Waals surface area contributed by atoms with Crippen LogP contribution in [0.1, 0.15) is 22.7 Å². The van der Waals surface area contributed by atoms with Crippen molar-refractivity contribution in [1.29, 1.82) is 0 Å². The van der Waals surface area contributed by atoms with Crippen molar-refractivity contribution in [2.45, 2.75) is 12.6 Å². The molecule has 9 heteroatoms. The molecule has 1 unspecified atom stereocenters. The van der Waals surface area contributed by atoms with Gasteiger partial charge in [-0.25, -0.2) is 4.39 Å². The average molecular weight is 487 g/mol. The monoisotopic (exact) mass is 486 g/mol. The van der Waals surface area contributed by atoms with Crippen LogP contribution in [-0.2, 0) is 16.1 Å². The number of nitrogens with zero attached hydrogens (tertiary/aromatic N) is 2. The fourth-order valence-electron chi connectivity index (χ4n) is 3.73. The second kappa shape index (κ2) is 9.21. The molecule has 1 aliphatic rings. The number of amides is 1. The molecule has 1 aliphatic heterocycles. The third-order valence-corrected chi connectivity index (χ3v) is 6.04. The van der Waals surface area contributed by atoms with Crippen LogP contribution in [0, 0.1) is 5.82 Å². The predicted molar refractivity (Wildman–Crippen MR) is 121 cm³/mol. The number of likely N-dealkylation sites (tertiary alicyclic amines) is 1. The number of aliphatic hydroxyl groups excluding tert-OH is 1. The number of methoxy groups -OCH3 is 1. The van der Waals surface area contributed by atoms with E-state index in [0.717, 1.165) is 6.07 Å². The fraction of sp³-hybridized carbons (Fsp3) is 0.125. The fourth-order valence-corrected chi connectivity index (χ4v) is 4.04. The van der Waals surface area contributed by atoms with Crippen LogP contribution in [0.5, 0.6) is 5.75 Å². The lowest BCUT2D eigenvalue weighted by molar-refractivity contribution is -0.140. The van der Waals surface area contributed by atoms with Crippen LogP contribution < -0.4 is 4.74 Å². The molecular weight excluding hydrogens is 470 g/mol. The molecule has 4 rings (SSSR count). The highest BCUT2D eigenvalue weighted by atomic mass is 35.5. The van der Waals surface area contributed by atoms with E-state index in [1.54, 1.807) is 30.6 Å². The molecule has 1 fully saturated rings. The van der Waals surface area contributed by atoms with Crippen molar-refractivity contribution in [3.05, 3.63) is 99.1 Å². The Balaban J connectivity index is 1.88. The number of carbonyl (C=O) groups is 2. The third-order valence-electron chi connectivity index (χ3n) is 5.30. The van der Waals surface area contributed by atoms with Gasteiger partial charge in [0.05, 0.1) is 28.8 Å². The Bertz CT molecular complexity index is 1280. The van der Waals surface area contributed by atoms with E-state index in [2.05, 4.69) is 4.98 Å². The number of ether oxygens (including phenoxy) is 1. The summed E-state index contributed by atoms with van der Waals surface area (Å²) < 4.78 is 19.2. The smallest absolute Gasteiger partial charge is 0.295 e. The normalized spacial score (nSPS) is 17.5. The van der Waals surface area contributed by atoms with Crippen molar-refractivity contribution >= 4 is 40.7 Å². The van der Waals surface area contributed by atoms with Crippen LogP contribution in [0.3, 0.4) is 0 Å². The molecule has 1 saturated heterocycles. The zero-order valence-corrected chi connectivity index (χ0v) is 18.8. The minimum absolute atomic E-state index is 0.0235. The molecule has 6 nitrogen and oxygen atoms in total. The van der Waals surface area contributed by atoms with Crippen LogP contribution in [-0.4, -0.2) is 33.8 Å². The largest absolute Gasteiger partial charge is 0.507 e. The first kappa shape index (κ1) is 22.8. The first-order valence-corrected chi connectivity index (χ1v) is 10.5. The van der Waals surface area contributed by atoms with E-state index in [-0.39, 0.29) is 28.5 Å². The molecule has 1 N–H and O–H groups in total. The van der Waals surface area contributed by atoms with E-state index in [1.165, 1.54) is 36.3 Å². The molecule has 2 heterocycles. The number of ketones is 1. The Kier molecular flexibility index (Phi) is 6.35. The summed E-state index contributed by atoms with van der Waals surface area (Å²) in [4.78, 5) is 31.4. The summed E-state index contributed by atoms with van der Waals surface area (Å²) in [5, 5.41) is 11.5. The van der Waals surface area contributed by atoms with Crippen LogP contribution >= 0.6 is 23.2 Å². The minimum Gasteiger partial charge on any atom is -0.507 e. The number of hydrogen-bond donors (Lipinski definition) is 1. The zero-order valence-electron chi connectivity index (χ0n) is 17.3. The van der Waals surface area contributed by atoms with Gasteiger partial charge in [0.15, 0.2) is 11.6 Å². The number of rotatable bonds is 5. The number of aromatic nitrogens is 1. The lowest BCUT2D eigenvalue weighted by Gasteiger charge is -2.25. The molecule has 0 spiro atoms. The van der Waals surface area contributed by atoms with Gasteiger partial charge >= 0.3 is 0 Å². The van der Waals surface area contributed by atoms with Crippen molar-refractivity contribution in [3.63, 3.8) is 0 Å². The third kappa shape index (κ3) is 4.29. The molecule has 1 aromatic heterocycles. The standard InChI is InChI=1S/C24H17Cl2FN2O4/c1-33-19-7-5-15(10-18(19)27)22(30)20-21(14-4-6-16(25)17(26)9-14)29(24(32)23(20)31)12-13-3-2-8-28-11-13/h2-11,21,30H,12H2,1H3/b22-20-. The maximum atomic E-state index is 14.3. The number of Topliss-reactive ketones (excluding diaryl/α,β-unsaturated/α-hetero) is 1. The molecule has 33 heavy (non-hydrogen) atoms. The van der Waals surface area contributed by atoms with Crippen molar-refractivity contribution in [3.8, 4) is 5.75 Å². The molecule has 1 atom stereocenters. The molecule has 0 saturated carbocycles. The van der Waals surface area contributed by atoms with Gasteiger partial charge in [-0.1, -0.05) is 35.3 Å². The Morgan fingerprint density at radius 2 is 1.94 bits per heavy atom. The zero-order chi connectivity index (χ0) is 23.7. The lowest BCUT2D eigenvalue weighted by Crippen LogP contribution is -2.29. The highest BCUT2D eigenvalue weighted by Gasteiger charge is 2.46. The number of halogens is 3. The number of pyridine rings is 1. The van der Waals surface area contributed by atoms with E-state index in [1.807, 2.05) is 0 Å². The Hall–Kier alpha value is -3.42. The second-order valence-electron chi connectivity index (χ2n) is 7.31. The maximum Gasteiger partial charge on any atom is 0.295 e. The summed E-state index contributed by atoms with van der Waals surface area (Å²) >= 11 is 12.2. The molecule has 3 aromatic rings. The van der Waals surface area contributed by atoms with Crippen LogP contribution in [0.4, 0.5) is 4.39 Å². The first-order valence-electron chi connectivity index (χ1n) is 9.78. The molecule has 168 valence electrons. The molecule has 0 aliphatic carbocycles. The average Bonchev–Trinajstić information content (AvgIpc) is 3.06. The summed E-state index contributed by atoms with van der Waals surface area (Å²) in [6, 6.07) is 10.9. The highest BCUT2D eigenvalue weighted by molar-refractivity contribution is 6.46. The van der Waals surface area contributed by atoms with Gasteiger partial charge in [0.1, 0.15) is 5.76 Å². The van der Waals surface area contributed by atoms with E-state index < -0.39 is 29.3 Å². The molecule has 2 aromatic carbocycles. The van der Waals surface area contributed by atoms with Crippen molar-refractivity contribution in [2.75, 3.05) is 7.11 Å². The van der Waals surface area contributed by atoms with E-state index in [0.29, 0.717) is 16.1 Å². The number of benzene rings is 2. The number of aliphatic hydroxyl groups is 1. The Morgan fingerprint density at radius 1 is 1.15 bits per heavy atom.